The number of rotatable bonds is 4. The molecule has 1 saturated heterocycles. The van der Waals surface area contributed by atoms with Crippen LogP contribution >= 0.6 is 0 Å². The van der Waals surface area contributed by atoms with E-state index in [0.717, 1.165) is 0 Å². The fourth-order valence-electron chi connectivity index (χ4n) is 2.48. The summed E-state index contributed by atoms with van der Waals surface area (Å²) in [6, 6.07) is 0.0126. The zero-order valence-corrected chi connectivity index (χ0v) is 12.3. The molecule has 0 bridgehead atoms. The minimum absolute atomic E-state index is 0.0126. The Labute approximate surface area is 123 Å². The Balaban J connectivity index is 1.92. The molecule has 0 aliphatic carbocycles. The van der Waals surface area contributed by atoms with Gasteiger partial charge in [0.2, 0.25) is 17.7 Å². The van der Waals surface area contributed by atoms with Crippen molar-refractivity contribution in [2.75, 3.05) is 39.3 Å². The molecule has 1 atom stereocenters. The lowest BCUT2D eigenvalue weighted by Crippen LogP contribution is -2.55. The van der Waals surface area contributed by atoms with Crippen molar-refractivity contribution in [2.45, 2.75) is 19.9 Å². The lowest BCUT2D eigenvalue weighted by molar-refractivity contribution is -0.136. The van der Waals surface area contributed by atoms with E-state index in [1.165, 1.54) is 0 Å². The highest BCUT2D eigenvalue weighted by Crippen LogP contribution is 2.09. The standard InChI is InChI=1S/C13H20N4O4/c1-3-21-13-8-17(7-12(20)15-13)9(2)4-16-5-10(18)14-11(19)6-16/h9H,3-8H2,1-2H3,(H,14,18,19). The molecule has 2 heterocycles. The Hall–Kier alpha value is -1.80. The zero-order chi connectivity index (χ0) is 15.4. The molecule has 0 radical (unpaired) electrons. The second kappa shape index (κ2) is 6.77. The van der Waals surface area contributed by atoms with Gasteiger partial charge in [-0.1, -0.05) is 0 Å². The Morgan fingerprint density at radius 2 is 1.86 bits per heavy atom. The Morgan fingerprint density at radius 1 is 1.19 bits per heavy atom. The number of imide groups is 1. The quantitative estimate of drug-likeness (QED) is 0.642. The number of aliphatic imine (C=N–C) groups is 1. The Morgan fingerprint density at radius 3 is 2.48 bits per heavy atom. The van der Waals surface area contributed by atoms with Crippen LogP contribution in [-0.2, 0) is 19.1 Å². The number of hydrogen-bond acceptors (Lipinski definition) is 6. The van der Waals surface area contributed by atoms with Crippen molar-refractivity contribution in [3.05, 3.63) is 0 Å². The first-order valence-electron chi connectivity index (χ1n) is 7.00. The number of ether oxygens (including phenoxy) is 1. The Kier molecular flexibility index (Phi) is 5.03. The van der Waals surface area contributed by atoms with Crippen molar-refractivity contribution in [3.63, 3.8) is 0 Å². The molecule has 0 aromatic carbocycles. The average molecular weight is 296 g/mol. The van der Waals surface area contributed by atoms with Gasteiger partial charge in [-0.25, -0.2) is 0 Å². The molecule has 2 rings (SSSR count). The zero-order valence-electron chi connectivity index (χ0n) is 12.3. The number of amides is 3. The van der Waals surface area contributed by atoms with Gasteiger partial charge in [-0.2, -0.15) is 4.99 Å². The first-order chi connectivity index (χ1) is 9.97. The van der Waals surface area contributed by atoms with E-state index in [4.69, 9.17) is 4.74 Å². The molecule has 2 aliphatic rings. The van der Waals surface area contributed by atoms with Gasteiger partial charge in [0.1, 0.15) is 0 Å². The second-order valence-electron chi connectivity index (χ2n) is 5.23. The third-order valence-electron chi connectivity index (χ3n) is 3.40. The van der Waals surface area contributed by atoms with E-state index in [-0.39, 0.29) is 43.4 Å². The molecule has 0 spiro atoms. The van der Waals surface area contributed by atoms with Crippen LogP contribution in [0.3, 0.4) is 0 Å². The molecule has 21 heavy (non-hydrogen) atoms. The number of nitrogens with zero attached hydrogens (tertiary/aromatic N) is 3. The van der Waals surface area contributed by atoms with E-state index in [2.05, 4.69) is 10.3 Å². The second-order valence-corrected chi connectivity index (χ2v) is 5.23. The summed E-state index contributed by atoms with van der Waals surface area (Å²) in [7, 11) is 0. The van der Waals surface area contributed by atoms with Crippen LogP contribution in [-0.4, -0.2) is 78.8 Å². The largest absolute Gasteiger partial charge is 0.480 e. The van der Waals surface area contributed by atoms with E-state index < -0.39 is 0 Å². The molecule has 8 nitrogen and oxygen atoms in total. The van der Waals surface area contributed by atoms with E-state index in [1.807, 2.05) is 18.7 Å². The Bertz CT molecular complexity index is 461. The molecule has 1 unspecified atom stereocenters. The summed E-state index contributed by atoms with van der Waals surface area (Å²) in [6.07, 6.45) is 0. The summed E-state index contributed by atoms with van der Waals surface area (Å²) in [4.78, 5) is 41.9. The predicted molar refractivity (Wildman–Crippen MR) is 74.7 cm³/mol. The molecule has 8 heteroatoms. The number of nitrogens with one attached hydrogen (secondary N) is 1. The third kappa shape index (κ3) is 4.33. The fourth-order valence-corrected chi connectivity index (χ4v) is 2.48. The molecular weight excluding hydrogens is 276 g/mol. The van der Waals surface area contributed by atoms with Gasteiger partial charge in [0, 0.05) is 12.6 Å². The lowest BCUT2D eigenvalue weighted by Gasteiger charge is -2.34. The molecule has 2 aliphatic heterocycles. The topological polar surface area (TPSA) is 91.3 Å². The van der Waals surface area contributed by atoms with E-state index in [0.29, 0.717) is 25.6 Å². The fraction of sp³-hybridized carbons (Fsp3) is 0.692. The number of hydrogen-bond donors (Lipinski definition) is 1. The SMILES string of the molecule is CCOC1=NC(=O)CN(C(C)CN2CC(=O)NC(=O)C2)C1. The maximum Gasteiger partial charge on any atom is 0.262 e. The number of carbonyl (C=O) groups is 3. The highest BCUT2D eigenvalue weighted by atomic mass is 16.5. The first-order valence-corrected chi connectivity index (χ1v) is 7.00. The molecule has 0 aromatic heterocycles. The average Bonchev–Trinajstić information content (AvgIpc) is 2.37. The number of piperazine rings is 1. The third-order valence-corrected chi connectivity index (χ3v) is 3.40. The van der Waals surface area contributed by atoms with Gasteiger partial charge in [0.05, 0.1) is 32.8 Å². The van der Waals surface area contributed by atoms with Gasteiger partial charge in [-0.3, -0.25) is 29.5 Å². The molecule has 116 valence electrons. The highest BCUT2D eigenvalue weighted by molar-refractivity contribution is 5.99. The van der Waals surface area contributed by atoms with Crippen LogP contribution < -0.4 is 5.32 Å². The summed E-state index contributed by atoms with van der Waals surface area (Å²) in [5.41, 5.74) is 0. The van der Waals surface area contributed by atoms with Crippen molar-refractivity contribution >= 4 is 23.6 Å². The molecule has 3 amide bonds. The molecule has 0 saturated carbocycles. The summed E-state index contributed by atoms with van der Waals surface area (Å²) in [5, 5.41) is 2.27. The van der Waals surface area contributed by atoms with Gasteiger partial charge >= 0.3 is 0 Å². The minimum atomic E-state index is -0.287. The smallest absolute Gasteiger partial charge is 0.262 e. The molecule has 1 fully saturated rings. The van der Waals surface area contributed by atoms with Crippen LogP contribution in [0.4, 0.5) is 0 Å². The van der Waals surface area contributed by atoms with Gasteiger partial charge in [-0.15, -0.1) is 0 Å². The van der Waals surface area contributed by atoms with Crippen molar-refractivity contribution < 1.29 is 19.1 Å². The lowest BCUT2D eigenvalue weighted by atomic mass is 10.2. The van der Waals surface area contributed by atoms with E-state index >= 15 is 0 Å². The summed E-state index contributed by atoms with van der Waals surface area (Å²) >= 11 is 0. The normalized spacial score (nSPS) is 22.8. The summed E-state index contributed by atoms with van der Waals surface area (Å²) < 4.78 is 5.31. The maximum absolute atomic E-state index is 11.6. The predicted octanol–water partition coefficient (Wildman–Crippen LogP) is -1.39. The molecular formula is C13H20N4O4. The van der Waals surface area contributed by atoms with E-state index in [1.54, 1.807) is 4.90 Å². The molecule has 1 N–H and O–H groups in total. The highest BCUT2D eigenvalue weighted by Gasteiger charge is 2.29. The number of carbonyl (C=O) groups excluding carboxylic acids is 3. The van der Waals surface area contributed by atoms with Crippen LogP contribution in [0, 0.1) is 0 Å². The van der Waals surface area contributed by atoms with Crippen LogP contribution in [0.15, 0.2) is 4.99 Å². The van der Waals surface area contributed by atoms with Crippen LogP contribution in [0.5, 0.6) is 0 Å². The van der Waals surface area contributed by atoms with Gasteiger partial charge in [-0.05, 0) is 13.8 Å². The van der Waals surface area contributed by atoms with Gasteiger partial charge < -0.3 is 4.74 Å². The van der Waals surface area contributed by atoms with Crippen LogP contribution in [0.25, 0.3) is 0 Å². The van der Waals surface area contributed by atoms with Crippen molar-refractivity contribution in [2.24, 2.45) is 4.99 Å². The van der Waals surface area contributed by atoms with Crippen LogP contribution in [0.1, 0.15) is 13.8 Å². The van der Waals surface area contributed by atoms with Crippen molar-refractivity contribution in [3.8, 4) is 0 Å². The van der Waals surface area contributed by atoms with Crippen LogP contribution in [0.2, 0.25) is 0 Å². The minimum Gasteiger partial charge on any atom is -0.480 e. The maximum atomic E-state index is 11.6. The summed E-state index contributed by atoms with van der Waals surface area (Å²) in [5.74, 6) is -0.383. The van der Waals surface area contributed by atoms with Crippen molar-refractivity contribution in [1.29, 1.82) is 0 Å². The van der Waals surface area contributed by atoms with Crippen molar-refractivity contribution in [1.82, 2.24) is 15.1 Å². The van der Waals surface area contributed by atoms with E-state index in [9.17, 15) is 14.4 Å². The molecule has 0 aromatic rings. The first kappa shape index (κ1) is 15.6. The van der Waals surface area contributed by atoms with Gasteiger partial charge in [0.15, 0.2) is 0 Å². The summed E-state index contributed by atoms with van der Waals surface area (Å²) in [6.45, 7) is 5.89. The van der Waals surface area contributed by atoms with Gasteiger partial charge in [0.25, 0.3) is 5.91 Å². The monoisotopic (exact) mass is 296 g/mol.